The van der Waals surface area contributed by atoms with E-state index in [-0.39, 0.29) is 5.69 Å². The van der Waals surface area contributed by atoms with Gasteiger partial charge in [0, 0.05) is 12.7 Å². The van der Waals surface area contributed by atoms with Crippen molar-refractivity contribution in [2.45, 2.75) is 25.4 Å². The van der Waals surface area contributed by atoms with Gasteiger partial charge in [0.25, 0.3) is 5.91 Å². The normalized spacial score (nSPS) is 17.6. The van der Waals surface area contributed by atoms with Gasteiger partial charge in [-0.05, 0) is 25.0 Å². The molecule has 114 valence electrons. The lowest BCUT2D eigenvalue weighted by Gasteiger charge is -2.19. The Labute approximate surface area is 126 Å². The average molecular weight is 301 g/mol. The van der Waals surface area contributed by atoms with Crippen LogP contribution in [0.25, 0.3) is 0 Å². The number of hydrogen-bond donors (Lipinski definition) is 1. The van der Waals surface area contributed by atoms with Crippen LogP contribution in [0.2, 0.25) is 0 Å². The predicted molar refractivity (Wildman–Crippen MR) is 75.1 cm³/mol. The van der Waals surface area contributed by atoms with Crippen molar-refractivity contribution < 1.29 is 14.7 Å². The molecule has 22 heavy (non-hydrogen) atoms. The smallest absolute Gasteiger partial charge is 0.326 e. The van der Waals surface area contributed by atoms with Crippen LogP contribution >= 0.6 is 0 Å². The summed E-state index contributed by atoms with van der Waals surface area (Å²) in [5, 5.41) is 16.9. The quantitative estimate of drug-likeness (QED) is 0.877. The molecule has 2 aromatic heterocycles. The summed E-state index contributed by atoms with van der Waals surface area (Å²) in [7, 11) is 0. The Morgan fingerprint density at radius 3 is 2.95 bits per heavy atom. The van der Waals surface area contributed by atoms with Crippen molar-refractivity contribution in [3.05, 3.63) is 42.0 Å². The molecule has 0 bridgehead atoms. The summed E-state index contributed by atoms with van der Waals surface area (Å²) in [6, 6.07) is 4.77. The zero-order valence-corrected chi connectivity index (χ0v) is 11.8. The highest BCUT2D eigenvalue weighted by Crippen LogP contribution is 2.19. The van der Waals surface area contributed by atoms with E-state index >= 15 is 0 Å². The fourth-order valence-electron chi connectivity index (χ4n) is 2.54. The van der Waals surface area contributed by atoms with E-state index in [0.717, 1.165) is 5.69 Å². The topological polar surface area (TPSA) is 101 Å². The second kappa shape index (κ2) is 5.92. The molecule has 0 spiro atoms. The number of hydrogen-bond acceptors (Lipinski definition) is 5. The zero-order chi connectivity index (χ0) is 15.5. The minimum Gasteiger partial charge on any atom is -0.480 e. The highest BCUT2D eigenvalue weighted by molar-refractivity contribution is 5.95. The standard InChI is InChI=1S/C14H15N5O3/c20-13(19-7-3-5-12(19)14(21)22)11-9-18(17-16-11)8-10-4-1-2-6-15-10/h1-2,4,6,9,12H,3,5,7-8H2,(H,21,22)/t12-/m0/s1. The van der Waals surface area contributed by atoms with Gasteiger partial charge in [-0.2, -0.15) is 0 Å². The van der Waals surface area contributed by atoms with Gasteiger partial charge < -0.3 is 10.0 Å². The van der Waals surface area contributed by atoms with Crippen molar-refractivity contribution in [1.82, 2.24) is 24.9 Å². The SMILES string of the molecule is O=C(O)[C@@H]1CCCN1C(=O)c1cn(Cc2ccccn2)nn1. The molecule has 0 aromatic carbocycles. The highest BCUT2D eigenvalue weighted by atomic mass is 16.4. The fraction of sp³-hybridized carbons (Fsp3) is 0.357. The molecule has 3 heterocycles. The summed E-state index contributed by atoms with van der Waals surface area (Å²) in [6.07, 6.45) is 4.36. The molecule has 2 aromatic rings. The van der Waals surface area contributed by atoms with Crippen LogP contribution in [0.3, 0.4) is 0 Å². The Hall–Kier alpha value is -2.77. The second-order valence-corrected chi connectivity index (χ2v) is 5.12. The monoisotopic (exact) mass is 301 g/mol. The second-order valence-electron chi connectivity index (χ2n) is 5.12. The number of aliphatic carboxylic acids is 1. The third kappa shape index (κ3) is 2.80. The van der Waals surface area contributed by atoms with Crippen molar-refractivity contribution in [2.24, 2.45) is 0 Å². The molecule has 1 fully saturated rings. The number of carbonyl (C=O) groups is 2. The van der Waals surface area contributed by atoms with Crippen LogP contribution in [0.4, 0.5) is 0 Å². The van der Waals surface area contributed by atoms with Crippen LogP contribution in [0.15, 0.2) is 30.6 Å². The first-order valence-electron chi connectivity index (χ1n) is 6.99. The molecule has 0 saturated carbocycles. The first-order chi connectivity index (χ1) is 10.6. The molecule has 1 aliphatic rings. The maximum atomic E-state index is 12.4. The van der Waals surface area contributed by atoms with E-state index in [4.69, 9.17) is 5.11 Å². The number of pyridine rings is 1. The summed E-state index contributed by atoms with van der Waals surface area (Å²) in [6.45, 7) is 0.840. The molecular weight excluding hydrogens is 286 g/mol. The van der Waals surface area contributed by atoms with Crippen molar-refractivity contribution in [3.8, 4) is 0 Å². The van der Waals surface area contributed by atoms with Gasteiger partial charge in [0.05, 0.1) is 18.4 Å². The van der Waals surface area contributed by atoms with Gasteiger partial charge in [0.15, 0.2) is 5.69 Å². The van der Waals surface area contributed by atoms with Gasteiger partial charge in [0.2, 0.25) is 0 Å². The van der Waals surface area contributed by atoms with E-state index in [0.29, 0.717) is 25.9 Å². The molecule has 3 rings (SSSR count). The molecule has 1 N–H and O–H groups in total. The number of amides is 1. The molecule has 0 aliphatic carbocycles. The van der Waals surface area contributed by atoms with Crippen LogP contribution in [-0.2, 0) is 11.3 Å². The number of aromatic nitrogens is 4. The van der Waals surface area contributed by atoms with E-state index in [9.17, 15) is 9.59 Å². The molecular formula is C14H15N5O3. The fourth-order valence-corrected chi connectivity index (χ4v) is 2.54. The Kier molecular flexibility index (Phi) is 3.82. The molecule has 1 atom stereocenters. The summed E-state index contributed by atoms with van der Waals surface area (Å²) < 4.78 is 1.52. The van der Waals surface area contributed by atoms with Crippen molar-refractivity contribution >= 4 is 11.9 Å². The predicted octanol–water partition coefficient (Wildman–Crippen LogP) is 0.411. The summed E-state index contributed by atoms with van der Waals surface area (Å²) in [5.74, 6) is -1.37. The van der Waals surface area contributed by atoms with E-state index in [2.05, 4.69) is 15.3 Å². The number of carboxylic acids is 1. The van der Waals surface area contributed by atoms with E-state index in [1.165, 1.54) is 15.8 Å². The largest absolute Gasteiger partial charge is 0.480 e. The number of rotatable bonds is 4. The van der Waals surface area contributed by atoms with Crippen LogP contribution < -0.4 is 0 Å². The molecule has 1 saturated heterocycles. The lowest BCUT2D eigenvalue weighted by Crippen LogP contribution is -2.40. The molecule has 8 nitrogen and oxygen atoms in total. The first kappa shape index (κ1) is 14.2. The van der Waals surface area contributed by atoms with Gasteiger partial charge >= 0.3 is 5.97 Å². The van der Waals surface area contributed by atoms with Crippen LogP contribution in [-0.4, -0.2) is 54.4 Å². The number of likely N-dealkylation sites (tertiary alicyclic amines) is 1. The lowest BCUT2D eigenvalue weighted by molar-refractivity contribution is -0.141. The van der Waals surface area contributed by atoms with Crippen molar-refractivity contribution in [3.63, 3.8) is 0 Å². The Balaban J connectivity index is 1.73. The third-order valence-corrected chi connectivity index (χ3v) is 3.61. The zero-order valence-electron chi connectivity index (χ0n) is 11.8. The summed E-state index contributed by atoms with van der Waals surface area (Å²) in [5.41, 5.74) is 0.958. The molecule has 0 radical (unpaired) electrons. The van der Waals surface area contributed by atoms with Crippen LogP contribution in [0.1, 0.15) is 29.0 Å². The highest BCUT2D eigenvalue weighted by Gasteiger charge is 2.35. The van der Waals surface area contributed by atoms with Crippen molar-refractivity contribution in [2.75, 3.05) is 6.54 Å². The first-order valence-corrected chi connectivity index (χ1v) is 6.99. The number of carboxylic acid groups (broad SMARTS) is 1. The molecule has 8 heteroatoms. The van der Waals surface area contributed by atoms with Gasteiger partial charge in [-0.15, -0.1) is 5.10 Å². The Morgan fingerprint density at radius 1 is 1.36 bits per heavy atom. The van der Waals surface area contributed by atoms with E-state index in [1.807, 2.05) is 18.2 Å². The van der Waals surface area contributed by atoms with E-state index < -0.39 is 17.9 Å². The summed E-state index contributed by atoms with van der Waals surface area (Å²) >= 11 is 0. The van der Waals surface area contributed by atoms with Gasteiger partial charge in [0.1, 0.15) is 6.04 Å². The van der Waals surface area contributed by atoms with Gasteiger partial charge in [-0.25, -0.2) is 9.48 Å². The van der Waals surface area contributed by atoms with Gasteiger partial charge in [-0.1, -0.05) is 11.3 Å². The van der Waals surface area contributed by atoms with Crippen LogP contribution in [0, 0.1) is 0 Å². The maximum absolute atomic E-state index is 12.4. The number of nitrogens with zero attached hydrogens (tertiary/aromatic N) is 5. The van der Waals surface area contributed by atoms with Crippen molar-refractivity contribution in [1.29, 1.82) is 0 Å². The average Bonchev–Trinajstić information content (AvgIpc) is 3.16. The molecule has 1 amide bonds. The third-order valence-electron chi connectivity index (χ3n) is 3.61. The minimum absolute atomic E-state index is 0.157. The van der Waals surface area contributed by atoms with Crippen LogP contribution in [0.5, 0.6) is 0 Å². The summed E-state index contributed by atoms with van der Waals surface area (Å²) in [4.78, 5) is 29.0. The maximum Gasteiger partial charge on any atom is 0.326 e. The van der Waals surface area contributed by atoms with E-state index in [1.54, 1.807) is 6.20 Å². The lowest BCUT2D eigenvalue weighted by atomic mass is 10.2. The molecule has 0 unspecified atom stereocenters. The minimum atomic E-state index is -0.980. The Bertz CT molecular complexity index is 685. The molecule has 1 aliphatic heterocycles. The number of carbonyl (C=O) groups excluding carboxylic acids is 1. The Morgan fingerprint density at radius 2 is 2.23 bits per heavy atom. The van der Waals surface area contributed by atoms with Gasteiger partial charge in [-0.3, -0.25) is 9.78 Å².